The lowest BCUT2D eigenvalue weighted by Crippen LogP contribution is -2.16. The van der Waals surface area contributed by atoms with E-state index in [1.807, 2.05) is 6.92 Å². The highest BCUT2D eigenvalue weighted by atomic mass is 19.2. The number of aromatic nitrogens is 2. The monoisotopic (exact) mass is 269 g/mol. The van der Waals surface area contributed by atoms with Crippen LogP contribution in [0.1, 0.15) is 22.8 Å². The average Bonchev–Trinajstić information content (AvgIpc) is 2.83. The van der Waals surface area contributed by atoms with Gasteiger partial charge in [0.05, 0.1) is 11.8 Å². The van der Waals surface area contributed by atoms with Gasteiger partial charge in [-0.2, -0.15) is 5.10 Å². The van der Waals surface area contributed by atoms with Crippen molar-refractivity contribution in [2.45, 2.75) is 13.3 Å². The summed E-state index contributed by atoms with van der Waals surface area (Å²) >= 11 is 0. The molecule has 0 spiro atoms. The standard InChI is InChI=1S/C12H10F3N3O/c1-2-6-5-16-18-11(6)17-12(19)7-3-4-8(13)10(15)9(7)14/h3-5H,2H2,1H3,(H2,16,17,18,19). The topological polar surface area (TPSA) is 57.8 Å². The number of halogens is 3. The Kier molecular flexibility index (Phi) is 3.55. The Balaban J connectivity index is 2.28. The maximum absolute atomic E-state index is 13.4. The van der Waals surface area contributed by atoms with Gasteiger partial charge in [-0.15, -0.1) is 0 Å². The lowest BCUT2D eigenvalue weighted by atomic mass is 10.1. The van der Waals surface area contributed by atoms with Gasteiger partial charge in [0.1, 0.15) is 5.82 Å². The van der Waals surface area contributed by atoms with E-state index in [9.17, 15) is 18.0 Å². The summed E-state index contributed by atoms with van der Waals surface area (Å²) in [6.45, 7) is 1.85. The van der Waals surface area contributed by atoms with Gasteiger partial charge in [0.25, 0.3) is 5.91 Å². The van der Waals surface area contributed by atoms with Crippen LogP contribution in [-0.4, -0.2) is 16.1 Å². The summed E-state index contributed by atoms with van der Waals surface area (Å²) < 4.78 is 39.2. The number of aryl methyl sites for hydroxylation is 1. The number of aromatic amines is 1. The first-order valence-corrected chi connectivity index (χ1v) is 5.51. The number of rotatable bonds is 3. The van der Waals surface area contributed by atoms with E-state index < -0.39 is 28.9 Å². The van der Waals surface area contributed by atoms with Crippen LogP contribution in [-0.2, 0) is 6.42 Å². The second-order valence-electron chi connectivity index (χ2n) is 3.80. The molecule has 1 heterocycles. The van der Waals surface area contributed by atoms with Gasteiger partial charge in [-0.1, -0.05) is 6.92 Å². The van der Waals surface area contributed by atoms with Crippen molar-refractivity contribution < 1.29 is 18.0 Å². The average molecular weight is 269 g/mol. The van der Waals surface area contributed by atoms with Gasteiger partial charge >= 0.3 is 0 Å². The molecule has 0 aliphatic carbocycles. The van der Waals surface area contributed by atoms with Crippen LogP contribution < -0.4 is 5.32 Å². The Morgan fingerprint density at radius 2 is 2.05 bits per heavy atom. The van der Waals surface area contributed by atoms with Crippen LogP contribution in [0.4, 0.5) is 19.0 Å². The second kappa shape index (κ2) is 5.13. The molecule has 2 N–H and O–H groups in total. The van der Waals surface area contributed by atoms with Gasteiger partial charge in [0, 0.05) is 5.56 Å². The number of H-pyrrole nitrogens is 1. The number of carbonyl (C=O) groups is 1. The smallest absolute Gasteiger partial charge is 0.259 e. The molecular formula is C12H10F3N3O. The molecule has 2 aromatic rings. The summed E-state index contributed by atoms with van der Waals surface area (Å²) in [6, 6.07) is 1.58. The van der Waals surface area contributed by atoms with Crippen molar-refractivity contribution in [3.63, 3.8) is 0 Å². The molecule has 0 aliphatic heterocycles. The number of amides is 1. The van der Waals surface area contributed by atoms with E-state index >= 15 is 0 Å². The van der Waals surface area contributed by atoms with E-state index in [1.54, 1.807) is 0 Å². The minimum atomic E-state index is -1.67. The van der Waals surface area contributed by atoms with E-state index in [4.69, 9.17) is 0 Å². The zero-order valence-electron chi connectivity index (χ0n) is 9.93. The summed E-state index contributed by atoms with van der Waals surface area (Å²) in [7, 11) is 0. The molecule has 0 atom stereocenters. The molecule has 0 unspecified atom stereocenters. The molecule has 0 saturated carbocycles. The molecule has 0 aliphatic rings. The van der Waals surface area contributed by atoms with E-state index in [-0.39, 0.29) is 0 Å². The van der Waals surface area contributed by atoms with Crippen molar-refractivity contribution in [2.24, 2.45) is 0 Å². The first kappa shape index (κ1) is 13.1. The third-order valence-electron chi connectivity index (χ3n) is 2.62. The van der Waals surface area contributed by atoms with E-state index in [2.05, 4.69) is 15.5 Å². The number of anilines is 1. The maximum Gasteiger partial charge on any atom is 0.259 e. The minimum Gasteiger partial charge on any atom is -0.307 e. The second-order valence-corrected chi connectivity index (χ2v) is 3.80. The van der Waals surface area contributed by atoms with Crippen LogP contribution in [0.2, 0.25) is 0 Å². The van der Waals surface area contributed by atoms with Crippen LogP contribution in [0.25, 0.3) is 0 Å². The highest BCUT2D eigenvalue weighted by Crippen LogP contribution is 2.18. The minimum absolute atomic E-state index is 0.302. The highest BCUT2D eigenvalue weighted by molar-refractivity contribution is 6.04. The van der Waals surface area contributed by atoms with Gasteiger partial charge < -0.3 is 5.32 Å². The number of benzene rings is 1. The molecule has 0 bridgehead atoms. The lowest BCUT2D eigenvalue weighted by Gasteiger charge is -2.06. The van der Waals surface area contributed by atoms with Crippen LogP contribution in [0.3, 0.4) is 0 Å². The summed E-state index contributed by atoms with van der Waals surface area (Å²) in [5.74, 6) is -5.11. The van der Waals surface area contributed by atoms with Gasteiger partial charge in [-0.3, -0.25) is 9.89 Å². The largest absolute Gasteiger partial charge is 0.307 e. The zero-order valence-corrected chi connectivity index (χ0v) is 9.93. The van der Waals surface area contributed by atoms with Crippen LogP contribution >= 0.6 is 0 Å². The lowest BCUT2D eigenvalue weighted by molar-refractivity contribution is 0.102. The fourth-order valence-electron chi connectivity index (χ4n) is 1.57. The number of nitrogens with one attached hydrogen (secondary N) is 2. The predicted molar refractivity (Wildman–Crippen MR) is 62.2 cm³/mol. The fourth-order valence-corrected chi connectivity index (χ4v) is 1.57. The summed E-state index contributed by atoms with van der Waals surface area (Å²) in [5, 5.41) is 8.62. The molecule has 0 fully saturated rings. The number of hydrogen-bond donors (Lipinski definition) is 2. The van der Waals surface area contributed by atoms with Crippen LogP contribution in [0, 0.1) is 17.5 Å². The zero-order chi connectivity index (χ0) is 14.0. The van der Waals surface area contributed by atoms with E-state index in [1.165, 1.54) is 6.20 Å². The summed E-state index contributed by atoms with van der Waals surface area (Å²) in [4.78, 5) is 11.8. The van der Waals surface area contributed by atoms with Gasteiger partial charge in [-0.25, -0.2) is 13.2 Å². The Labute approximate surface area is 106 Å². The SMILES string of the molecule is CCc1cn[nH]c1NC(=O)c1ccc(F)c(F)c1F. The highest BCUT2D eigenvalue weighted by Gasteiger charge is 2.19. The van der Waals surface area contributed by atoms with E-state index in [0.717, 1.165) is 11.6 Å². The fraction of sp³-hybridized carbons (Fsp3) is 0.167. The summed E-state index contributed by atoms with van der Waals surface area (Å²) in [6.07, 6.45) is 2.11. The maximum atomic E-state index is 13.4. The molecule has 7 heteroatoms. The molecule has 0 radical (unpaired) electrons. The first-order valence-electron chi connectivity index (χ1n) is 5.51. The van der Waals surface area contributed by atoms with Crippen molar-refractivity contribution >= 4 is 11.7 Å². The molecule has 4 nitrogen and oxygen atoms in total. The van der Waals surface area contributed by atoms with Gasteiger partial charge in [0.15, 0.2) is 17.5 Å². The third-order valence-corrected chi connectivity index (χ3v) is 2.62. The normalized spacial score (nSPS) is 10.5. The van der Waals surface area contributed by atoms with Crippen molar-refractivity contribution in [2.75, 3.05) is 5.32 Å². The quantitative estimate of drug-likeness (QED) is 0.841. The first-order chi connectivity index (χ1) is 9.04. The molecule has 1 amide bonds. The molecule has 19 heavy (non-hydrogen) atoms. The molecular weight excluding hydrogens is 259 g/mol. The Hall–Kier alpha value is -2.31. The molecule has 2 rings (SSSR count). The third kappa shape index (κ3) is 2.44. The number of nitrogens with zero attached hydrogens (tertiary/aromatic N) is 1. The predicted octanol–water partition coefficient (Wildman–Crippen LogP) is 2.64. The van der Waals surface area contributed by atoms with Crippen LogP contribution in [0.15, 0.2) is 18.3 Å². The Bertz CT molecular complexity index is 625. The molecule has 100 valence electrons. The van der Waals surface area contributed by atoms with Crippen molar-refractivity contribution in [3.05, 3.63) is 46.9 Å². The van der Waals surface area contributed by atoms with Crippen LogP contribution in [0.5, 0.6) is 0 Å². The Morgan fingerprint density at radius 1 is 1.32 bits per heavy atom. The van der Waals surface area contributed by atoms with Gasteiger partial charge in [-0.05, 0) is 18.6 Å². The van der Waals surface area contributed by atoms with Crippen molar-refractivity contribution in [3.8, 4) is 0 Å². The molecule has 0 saturated heterocycles. The molecule has 1 aromatic heterocycles. The number of carbonyl (C=O) groups excluding carboxylic acids is 1. The molecule has 1 aromatic carbocycles. The summed E-state index contributed by atoms with van der Waals surface area (Å²) in [5.41, 5.74) is 0.145. The van der Waals surface area contributed by atoms with Crippen molar-refractivity contribution in [1.29, 1.82) is 0 Å². The van der Waals surface area contributed by atoms with Crippen molar-refractivity contribution in [1.82, 2.24) is 10.2 Å². The van der Waals surface area contributed by atoms with E-state index in [0.29, 0.717) is 18.3 Å². The number of hydrogen-bond acceptors (Lipinski definition) is 2. The Morgan fingerprint density at radius 3 is 2.74 bits per heavy atom. The van der Waals surface area contributed by atoms with Gasteiger partial charge in [0.2, 0.25) is 0 Å².